The highest BCUT2D eigenvalue weighted by Crippen LogP contribution is 2.28. The number of likely N-dealkylation sites (tertiary alicyclic amines) is 1. The lowest BCUT2D eigenvalue weighted by atomic mass is 9.86. The van der Waals surface area contributed by atoms with Gasteiger partial charge in [0.1, 0.15) is 5.54 Å². The van der Waals surface area contributed by atoms with Gasteiger partial charge in [-0.1, -0.05) is 18.2 Å². The van der Waals surface area contributed by atoms with E-state index >= 15 is 0 Å². The molecule has 1 aliphatic heterocycles. The fourth-order valence-corrected chi connectivity index (χ4v) is 3.75. The minimum absolute atomic E-state index is 0.135. The summed E-state index contributed by atoms with van der Waals surface area (Å²) in [5.74, 6) is 0.135. The molecule has 3 rings (SSSR count). The molecule has 1 aliphatic rings. The Morgan fingerprint density at radius 3 is 2.73 bits per heavy atom. The zero-order valence-corrected chi connectivity index (χ0v) is 16.0. The summed E-state index contributed by atoms with van der Waals surface area (Å²) in [4.78, 5) is 17.2. The molecule has 2 aromatic rings. The molecule has 26 heavy (non-hydrogen) atoms. The second-order valence-corrected chi connectivity index (χ2v) is 7.29. The van der Waals surface area contributed by atoms with E-state index in [2.05, 4.69) is 28.4 Å². The van der Waals surface area contributed by atoms with Crippen LogP contribution in [0.1, 0.15) is 25.3 Å². The van der Waals surface area contributed by atoms with Crippen molar-refractivity contribution in [1.82, 2.24) is 19.6 Å². The van der Waals surface area contributed by atoms with Crippen LogP contribution in [-0.4, -0.2) is 58.2 Å². The molecule has 140 valence electrons. The van der Waals surface area contributed by atoms with Crippen molar-refractivity contribution in [2.75, 3.05) is 32.5 Å². The topological polar surface area (TPSA) is 53.4 Å². The number of anilines is 1. The third-order valence-electron chi connectivity index (χ3n) is 4.96. The number of nitrogens with zero attached hydrogens (tertiary/aromatic N) is 4. The summed E-state index contributed by atoms with van der Waals surface area (Å²) in [6.45, 7) is 5.46. The number of hydrogen-bond donors (Lipinski definition) is 1. The Hall–Kier alpha value is -2.34. The lowest BCUT2D eigenvalue weighted by Gasteiger charge is -2.43. The Morgan fingerprint density at radius 2 is 2.08 bits per heavy atom. The molecule has 6 heteroatoms. The molecule has 2 heterocycles. The van der Waals surface area contributed by atoms with Crippen LogP contribution in [0.25, 0.3) is 0 Å². The van der Waals surface area contributed by atoms with E-state index in [1.165, 1.54) is 5.56 Å². The van der Waals surface area contributed by atoms with Crippen LogP contribution in [-0.2, 0) is 17.9 Å². The molecule has 1 N–H and O–H groups in total. The van der Waals surface area contributed by atoms with Crippen LogP contribution in [0, 0.1) is 0 Å². The Kier molecular flexibility index (Phi) is 5.61. The van der Waals surface area contributed by atoms with Gasteiger partial charge in [0, 0.05) is 51.2 Å². The highest BCUT2D eigenvalue weighted by atomic mass is 16.2. The summed E-state index contributed by atoms with van der Waals surface area (Å²) in [5.41, 5.74) is 1.59. The number of benzene rings is 1. The molecule has 1 atom stereocenters. The van der Waals surface area contributed by atoms with Crippen molar-refractivity contribution in [3.05, 3.63) is 48.3 Å². The third-order valence-corrected chi connectivity index (χ3v) is 4.96. The zero-order chi connectivity index (χ0) is 18.6. The van der Waals surface area contributed by atoms with Gasteiger partial charge < -0.3 is 10.2 Å². The van der Waals surface area contributed by atoms with E-state index in [9.17, 15) is 4.79 Å². The number of aromatic nitrogens is 2. The van der Waals surface area contributed by atoms with Gasteiger partial charge in [-0.2, -0.15) is 5.10 Å². The third kappa shape index (κ3) is 4.07. The average molecular weight is 355 g/mol. The number of likely N-dealkylation sites (N-methyl/N-ethyl adjacent to an activating group) is 1. The number of piperidine rings is 1. The Labute approximate surface area is 155 Å². The van der Waals surface area contributed by atoms with E-state index in [0.717, 1.165) is 38.2 Å². The Balaban J connectivity index is 1.80. The van der Waals surface area contributed by atoms with Gasteiger partial charge in [-0.05, 0) is 38.4 Å². The first-order valence-corrected chi connectivity index (χ1v) is 9.31. The molecule has 0 aliphatic carbocycles. The van der Waals surface area contributed by atoms with Crippen molar-refractivity contribution in [2.45, 2.75) is 38.4 Å². The molecule has 0 saturated carbocycles. The number of para-hydroxylation sites is 1. The number of carbonyl (C=O) groups excluding carboxylic acids is 1. The first-order valence-electron chi connectivity index (χ1n) is 9.31. The quantitative estimate of drug-likeness (QED) is 0.865. The molecular weight excluding hydrogens is 326 g/mol. The normalized spacial score (nSPS) is 20.7. The molecule has 0 radical (unpaired) electrons. The summed E-state index contributed by atoms with van der Waals surface area (Å²) in [7, 11) is 3.67. The van der Waals surface area contributed by atoms with Gasteiger partial charge in [0.05, 0.1) is 6.20 Å². The highest BCUT2D eigenvalue weighted by molar-refractivity contribution is 5.89. The number of nitrogens with one attached hydrogen (secondary N) is 1. The van der Waals surface area contributed by atoms with E-state index < -0.39 is 5.54 Å². The van der Waals surface area contributed by atoms with Gasteiger partial charge in [0.2, 0.25) is 5.91 Å². The largest absolute Gasteiger partial charge is 0.370 e. The summed E-state index contributed by atoms with van der Waals surface area (Å²) >= 11 is 0. The van der Waals surface area contributed by atoms with Crippen LogP contribution in [0.5, 0.6) is 0 Å². The van der Waals surface area contributed by atoms with Gasteiger partial charge in [-0.15, -0.1) is 0 Å². The van der Waals surface area contributed by atoms with Crippen LogP contribution in [0.15, 0.2) is 42.7 Å². The van der Waals surface area contributed by atoms with Gasteiger partial charge in [-0.3, -0.25) is 14.4 Å². The minimum atomic E-state index is -0.593. The van der Waals surface area contributed by atoms with Gasteiger partial charge in [-0.25, -0.2) is 0 Å². The molecule has 1 aromatic carbocycles. The maximum Gasteiger partial charge on any atom is 0.249 e. The van der Waals surface area contributed by atoms with Crippen molar-refractivity contribution >= 4 is 11.6 Å². The number of hydrogen-bond acceptors (Lipinski definition) is 4. The maximum absolute atomic E-state index is 13.1. The van der Waals surface area contributed by atoms with Crippen LogP contribution in [0.4, 0.5) is 5.69 Å². The lowest BCUT2D eigenvalue weighted by molar-refractivity contribution is -0.135. The van der Waals surface area contributed by atoms with Gasteiger partial charge >= 0.3 is 0 Å². The second-order valence-electron chi connectivity index (χ2n) is 7.29. The second kappa shape index (κ2) is 7.91. The average Bonchev–Trinajstić information content (AvgIpc) is 3.09. The van der Waals surface area contributed by atoms with E-state index in [0.29, 0.717) is 6.54 Å². The highest BCUT2D eigenvalue weighted by Gasteiger charge is 2.43. The molecule has 0 bridgehead atoms. The van der Waals surface area contributed by atoms with Crippen molar-refractivity contribution in [2.24, 2.45) is 0 Å². The van der Waals surface area contributed by atoms with Crippen molar-refractivity contribution < 1.29 is 4.79 Å². The summed E-state index contributed by atoms with van der Waals surface area (Å²) in [5, 5.41) is 7.92. The molecule has 6 nitrogen and oxygen atoms in total. The smallest absolute Gasteiger partial charge is 0.249 e. The molecule has 1 amide bonds. The number of aryl methyl sites for hydroxylation is 1. The number of amides is 1. The van der Waals surface area contributed by atoms with E-state index in [1.54, 1.807) is 4.90 Å². The van der Waals surface area contributed by atoms with Crippen molar-refractivity contribution in [1.29, 1.82) is 0 Å². The fraction of sp³-hybridized carbons (Fsp3) is 0.500. The molecular formula is C20H29N5O. The number of carbonyl (C=O) groups is 1. The van der Waals surface area contributed by atoms with Crippen LogP contribution >= 0.6 is 0 Å². The summed E-state index contributed by atoms with van der Waals surface area (Å²) < 4.78 is 1.94. The van der Waals surface area contributed by atoms with Gasteiger partial charge in [0.25, 0.3) is 0 Å². The Bertz CT molecular complexity index is 727. The first kappa shape index (κ1) is 18.5. The number of rotatable bonds is 6. The molecule has 1 fully saturated rings. The Morgan fingerprint density at radius 1 is 1.31 bits per heavy atom. The first-order chi connectivity index (χ1) is 12.5. The summed E-state index contributed by atoms with van der Waals surface area (Å²) in [6, 6.07) is 10.0. The molecule has 1 aromatic heterocycles. The van der Waals surface area contributed by atoms with Crippen molar-refractivity contribution in [3.63, 3.8) is 0 Å². The van der Waals surface area contributed by atoms with Gasteiger partial charge in [0.15, 0.2) is 0 Å². The lowest BCUT2D eigenvalue weighted by Crippen LogP contribution is -2.61. The predicted octanol–water partition coefficient (Wildman–Crippen LogP) is 2.44. The molecule has 1 unspecified atom stereocenters. The molecule has 1 saturated heterocycles. The monoisotopic (exact) mass is 355 g/mol. The van der Waals surface area contributed by atoms with E-state index in [4.69, 9.17) is 0 Å². The van der Waals surface area contributed by atoms with Crippen molar-refractivity contribution in [3.8, 4) is 0 Å². The van der Waals surface area contributed by atoms with Crippen LogP contribution < -0.4 is 5.32 Å². The fourth-order valence-electron chi connectivity index (χ4n) is 3.75. The SMILES string of the molecule is CCn1cc(CN2CCCC(Nc3ccccc3)(C(=O)N(C)C)C2)cn1. The maximum atomic E-state index is 13.1. The summed E-state index contributed by atoms with van der Waals surface area (Å²) in [6.07, 6.45) is 5.85. The van der Waals surface area contributed by atoms with E-state index in [-0.39, 0.29) is 5.91 Å². The van der Waals surface area contributed by atoms with Crippen LogP contribution in [0.3, 0.4) is 0 Å². The van der Waals surface area contributed by atoms with E-state index in [1.807, 2.05) is 55.3 Å². The predicted molar refractivity (Wildman–Crippen MR) is 104 cm³/mol. The standard InChI is InChI=1S/C20H29N5O/c1-4-25-15-17(13-21-25)14-24-12-8-11-20(16-24,19(26)23(2)3)22-18-9-6-5-7-10-18/h5-7,9-10,13,15,22H,4,8,11-12,14,16H2,1-3H3. The molecule has 0 spiro atoms. The minimum Gasteiger partial charge on any atom is -0.370 e. The van der Waals surface area contributed by atoms with Crippen LogP contribution in [0.2, 0.25) is 0 Å². The zero-order valence-electron chi connectivity index (χ0n) is 16.0.